The number of aromatic nitrogens is 2. The highest BCUT2D eigenvalue weighted by Gasteiger charge is 2.19. The first-order valence-electron chi connectivity index (χ1n) is 12.0. The van der Waals surface area contributed by atoms with Gasteiger partial charge in [-0.1, -0.05) is 6.07 Å². The molecule has 4 rings (SSSR count). The maximum absolute atomic E-state index is 14.0. The highest BCUT2D eigenvalue weighted by Crippen LogP contribution is 2.30. The number of carbonyl (C=O) groups excluding carboxylic acids is 2. The summed E-state index contributed by atoms with van der Waals surface area (Å²) in [4.78, 5) is 52.1. The van der Waals surface area contributed by atoms with Gasteiger partial charge in [-0.3, -0.25) is 23.5 Å². The third-order valence-corrected chi connectivity index (χ3v) is 6.09. The van der Waals surface area contributed by atoms with Gasteiger partial charge in [-0.05, 0) is 42.8 Å². The molecule has 4 aromatic rings. The van der Waals surface area contributed by atoms with Crippen molar-refractivity contribution < 1.29 is 27.9 Å². The molecule has 2 amide bonds. The summed E-state index contributed by atoms with van der Waals surface area (Å²) < 4.78 is 31.7. The normalized spacial score (nSPS) is 10.9. The van der Waals surface area contributed by atoms with Crippen molar-refractivity contribution in [3.63, 3.8) is 0 Å². The summed E-state index contributed by atoms with van der Waals surface area (Å²) in [5.41, 5.74) is -0.708. The summed E-state index contributed by atoms with van der Waals surface area (Å²) in [6, 6.07) is 10.4. The van der Waals surface area contributed by atoms with Crippen LogP contribution < -0.4 is 31.4 Å². The van der Waals surface area contributed by atoms with E-state index in [2.05, 4.69) is 10.6 Å². The molecule has 0 radical (unpaired) electrons. The molecule has 12 heteroatoms. The van der Waals surface area contributed by atoms with Crippen molar-refractivity contribution in [2.45, 2.75) is 33.0 Å². The zero-order chi connectivity index (χ0) is 28.1. The smallest absolute Gasteiger partial charge is 0.331 e. The number of hydrogen-bond donors (Lipinski definition) is 2. The van der Waals surface area contributed by atoms with Gasteiger partial charge in [0, 0.05) is 24.7 Å². The number of halogens is 1. The van der Waals surface area contributed by atoms with Gasteiger partial charge in [0.2, 0.25) is 11.8 Å². The molecule has 0 aliphatic carbocycles. The van der Waals surface area contributed by atoms with E-state index in [1.54, 1.807) is 19.1 Å². The van der Waals surface area contributed by atoms with E-state index in [-0.39, 0.29) is 47.6 Å². The number of furan rings is 1. The molecule has 0 fully saturated rings. The average molecular weight is 539 g/mol. The number of aryl methyl sites for hydroxylation is 1. The standard InChI is InChI=1S/C27H27FN4O7/c1-16-6-7-17(11-20(16)28)30-25(34)15-32-21-13-23(38-3)22(37-2)12-19(21)26(35)31(27(32)36)9-8-24(33)29-14-18-5-4-10-39-18/h4-7,10-13H,8-9,14-15H2,1-3H3,(H,29,33)(H,30,34). The van der Waals surface area contributed by atoms with Crippen LogP contribution >= 0.6 is 0 Å². The Hall–Kier alpha value is -4.87. The predicted octanol–water partition coefficient (Wildman–Crippen LogP) is 2.57. The molecular formula is C27H27FN4O7. The molecule has 2 heterocycles. The molecule has 0 atom stereocenters. The van der Waals surface area contributed by atoms with E-state index in [0.717, 1.165) is 9.13 Å². The van der Waals surface area contributed by atoms with Crippen molar-refractivity contribution >= 4 is 28.4 Å². The molecule has 0 unspecified atom stereocenters. The van der Waals surface area contributed by atoms with Gasteiger partial charge in [-0.2, -0.15) is 0 Å². The van der Waals surface area contributed by atoms with Gasteiger partial charge < -0.3 is 24.5 Å². The maximum atomic E-state index is 14.0. The Labute approximate surface area is 221 Å². The first-order chi connectivity index (χ1) is 18.7. The fourth-order valence-corrected chi connectivity index (χ4v) is 4.01. The van der Waals surface area contributed by atoms with Crippen LogP contribution in [0.5, 0.6) is 11.5 Å². The van der Waals surface area contributed by atoms with Crippen LogP contribution in [0, 0.1) is 12.7 Å². The molecule has 11 nitrogen and oxygen atoms in total. The molecule has 0 bridgehead atoms. The number of nitrogens with zero attached hydrogens (tertiary/aromatic N) is 2. The molecule has 0 aliphatic rings. The maximum Gasteiger partial charge on any atom is 0.331 e. The van der Waals surface area contributed by atoms with Crippen LogP contribution in [0.4, 0.5) is 10.1 Å². The first-order valence-corrected chi connectivity index (χ1v) is 12.0. The zero-order valence-electron chi connectivity index (χ0n) is 21.6. The van der Waals surface area contributed by atoms with Crippen LogP contribution in [0.2, 0.25) is 0 Å². The van der Waals surface area contributed by atoms with Crippen LogP contribution in [-0.4, -0.2) is 35.2 Å². The van der Waals surface area contributed by atoms with Crippen molar-refractivity contribution in [3.8, 4) is 11.5 Å². The summed E-state index contributed by atoms with van der Waals surface area (Å²) >= 11 is 0. The topological polar surface area (TPSA) is 134 Å². The lowest BCUT2D eigenvalue weighted by Gasteiger charge is -2.16. The Morgan fingerprint density at radius 2 is 1.74 bits per heavy atom. The molecule has 0 spiro atoms. The lowest BCUT2D eigenvalue weighted by molar-refractivity contribution is -0.121. The predicted molar refractivity (Wildman–Crippen MR) is 141 cm³/mol. The molecule has 0 saturated heterocycles. The second-order valence-corrected chi connectivity index (χ2v) is 8.67. The Bertz CT molecular complexity index is 1640. The van der Waals surface area contributed by atoms with Crippen LogP contribution in [0.15, 0.2) is 62.7 Å². The number of fused-ring (bicyclic) bond motifs is 1. The Kier molecular flexibility index (Phi) is 8.13. The average Bonchev–Trinajstić information content (AvgIpc) is 3.45. The number of hydrogen-bond acceptors (Lipinski definition) is 7. The van der Waals surface area contributed by atoms with E-state index in [4.69, 9.17) is 13.9 Å². The number of anilines is 1. The largest absolute Gasteiger partial charge is 0.493 e. The van der Waals surface area contributed by atoms with Crippen molar-refractivity contribution in [1.29, 1.82) is 0 Å². The summed E-state index contributed by atoms with van der Waals surface area (Å²) in [5.74, 6) is -0.489. The van der Waals surface area contributed by atoms with Crippen molar-refractivity contribution in [1.82, 2.24) is 14.5 Å². The van der Waals surface area contributed by atoms with Crippen LogP contribution in [0.1, 0.15) is 17.7 Å². The fraction of sp³-hybridized carbons (Fsp3) is 0.259. The quantitative estimate of drug-likeness (QED) is 0.317. The molecule has 0 aliphatic heterocycles. The third-order valence-electron chi connectivity index (χ3n) is 6.09. The Balaban J connectivity index is 1.68. The van der Waals surface area contributed by atoms with Gasteiger partial charge in [-0.25, -0.2) is 9.18 Å². The van der Waals surface area contributed by atoms with Crippen molar-refractivity contribution in [3.05, 3.63) is 86.7 Å². The minimum Gasteiger partial charge on any atom is -0.493 e. The lowest BCUT2D eigenvalue weighted by atomic mass is 10.2. The first kappa shape index (κ1) is 27.2. The monoisotopic (exact) mass is 538 g/mol. The van der Waals surface area contributed by atoms with Crippen LogP contribution in [-0.2, 0) is 29.2 Å². The highest BCUT2D eigenvalue weighted by atomic mass is 19.1. The van der Waals surface area contributed by atoms with Crippen molar-refractivity contribution in [2.24, 2.45) is 0 Å². The van der Waals surface area contributed by atoms with Crippen LogP contribution in [0.25, 0.3) is 10.9 Å². The minimum atomic E-state index is -0.802. The van der Waals surface area contributed by atoms with E-state index >= 15 is 0 Å². The van der Waals surface area contributed by atoms with Gasteiger partial charge in [0.05, 0.1) is 37.9 Å². The number of ether oxygens (including phenoxy) is 2. The minimum absolute atomic E-state index is 0.0809. The summed E-state index contributed by atoms with van der Waals surface area (Å²) in [6.45, 7) is 1.01. The third kappa shape index (κ3) is 6.00. The molecule has 2 aromatic heterocycles. The SMILES string of the molecule is COc1cc2c(=O)n(CCC(=O)NCc3ccco3)c(=O)n(CC(=O)Nc3ccc(C)c(F)c3)c2cc1OC. The lowest BCUT2D eigenvalue weighted by Crippen LogP contribution is -2.42. The van der Waals surface area contributed by atoms with E-state index in [1.165, 1.54) is 50.8 Å². The number of amides is 2. The molecule has 2 N–H and O–H groups in total. The Morgan fingerprint density at radius 3 is 2.41 bits per heavy atom. The van der Waals surface area contributed by atoms with Gasteiger partial charge in [0.25, 0.3) is 5.56 Å². The second-order valence-electron chi connectivity index (χ2n) is 8.67. The summed E-state index contributed by atoms with van der Waals surface area (Å²) in [7, 11) is 2.79. The highest BCUT2D eigenvalue weighted by molar-refractivity contribution is 5.92. The van der Waals surface area contributed by atoms with Gasteiger partial charge >= 0.3 is 5.69 Å². The molecule has 39 heavy (non-hydrogen) atoms. The van der Waals surface area contributed by atoms with E-state index in [1.807, 2.05) is 0 Å². The second kappa shape index (κ2) is 11.7. The van der Waals surface area contributed by atoms with Crippen LogP contribution in [0.3, 0.4) is 0 Å². The molecule has 204 valence electrons. The van der Waals surface area contributed by atoms with Gasteiger partial charge in [-0.15, -0.1) is 0 Å². The van der Waals surface area contributed by atoms with E-state index < -0.39 is 35.4 Å². The number of rotatable bonds is 10. The van der Waals surface area contributed by atoms with Gasteiger partial charge in [0.15, 0.2) is 11.5 Å². The summed E-state index contributed by atoms with van der Waals surface area (Å²) in [5, 5.41) is 5.30. The summed E-state index contributed by atoms with van der Waals surface area (Å²) in [6.07, 6.45) is 1.30. The van der Waals surface area contributed by atoms with Gasteiger partial charge in [0.1, 0.15) is 18.1 Å². The zero-order valence-corrected chi connectivity index (χ0v) is 21.6. The number of benzene rings is 2. The molecule has 2 aromatic carbocycles. The number of methoxy groups -OCH3 is 2. The van der Waals surface area contributed by atoms with E-state index in [9.17, 15) is 23.6 Å². The van der Waals surface area contributed by atoms with E-state index in [0.29, 0.717) is 11.3 Å². The van der Waals surface area contributed by atoms with Crippen molar-refractivity contribution in [2.75, 3.05) is 19.5 Å². The fourth-order valence-electron chi connectivity index (χ4n) is 4.01. The number of nitrogens with one attached hydrogen (secondary N) is 2. The Morgan fingerprint density at radius 1 is 1.00 bits per heavy atom. The number of carbonyl (C=O) groups is 2. The molecular weight excluding hydrogens is 511 g/mol. The molecule has 0 saturated carbocycles.